The summed E-state index contributed by atoms with van der Waals surface area (Å²) in [6.45, 7) is 2.47. The van der Waals surface area contributed by atoms with E-state index >= 15 is 0 Å². The number of nitrogen functional groups attached to an aromatic ring is 1. The Hall–Kier alpha value is -1.89. The van der Waals surface area contributed by atoms with Gasteiger partial charge in [-0.3, -0.25) is 0 Å². The van der Waals surface area contributed by atoms with Crippen LogP contribution in [-0.4, -0.2) is 21.5 Å². The van der Waals surface area contributed by atoms with Crippen molar-refractivity contribution < 1.29 is 8.42 Å². The van der Waals surface area contributed by atoms with Gasteiger partial charge in [-0.1, -0.05) is 30.3 Å². The van der Waals surface area contributed by atoms with Gasteiger partial charge in [-0.25, -0.2) is 13.1 Å². The van der Waals surface area contributed by atoms with Crippen LogP contribution in [0.15, 0.2) is 47.4 Å². The van der Waals surface area contributed by atoms with Crippen molar-refractivity contribution in [3.8, 4) is 0 Å². The van der Waals surface area contributed by atoms with Gasteiger partial charge in [0.25, 0.3) is 0 Å². The Morgan fingerprint density at radius 3 is 2.29 bits per heavy atom. The molecule has 0 radical (unpaired) electrons. The highest BCUT2D eigenvalue weighted by Gasteiger charge is 2.24. The molecule has 0 aromatic heterocycles. The summed E-state index contributed by atoms with van der Waals surface area (Å²) in [4.78, 5) is 0.176. The fourth-order valence-electron chi connectivity index (χ4n) is 4.99. The third-order valence-electron chi connectivity index (χ3n) is 6.91. The minimum atomic E-state index is -3.54. The number of nitrogens with one attached hydrogen (secondary N) is 2. The third-order valence-corrected chi connectivity index (χ3v) is 8.41. The van der Waals surface area contributed by atoms with Crippen molar-refractivity contribution in [3.05, 3.63) is 59.2 Å². The third kappa shape index (κ3) is 5.88. The lowest BCUT2D eigenvalue weighted by atomic mass is 9.82. The molecule has 0 spiro atoms. The molecule has 1 saturated carbocycles. The zero-order chi connectivity index (χ0) is 21.7. The van der Waals surface area contributed by atoms with Gasteiger partial charge in [-0.2, -0.15) is 0 Å². The van der Waals surface area contributed by atoms with Gasteiger partial charge in [0.1, 0.15) is 4.90 Å². The molecule has 31 heavy (non-hydrogen) atoms. The fraction of sp³-hybridized carbons (Fsp3) is 0.520. The molecular formula is C25H35N3O2S. The van der Waals surface area contributed by atoms with E-state index < -0.39 is 10.0 Å². The molecule has 2 aromatic rings. The summed E-state index contributed by atoms with van der Waals surface area (Å²) < 4.78 is 27.8. The van der Waals surface area contributed by atoms with Gasteiger partial charge < -0.3 is 11.1 Å². The zero-order valence-corrected chi connectivity index (χ0v) is 19.1. The van der Waals surface area contributed by atoms with Crippen LogP contribution in [0.1, 0.15) is 55.2 Å². The number of nitrogens with two attached hydrogens (primary N) is 1. The Kier molecular flexibility index (Phi) is 7.31. The summed E-state index contributed by atoms with van der Waals surface area (Å²) in [5, 5.41) is 3.65. The largest absolute Gasteiger partial charge is 0.398 e. The van der Waals surface area contributed by atoms with Crippen LogP contribution < -0.4 is 15.8 Å². The van der Waals surface area contributed by atoms with E-state index in [1.165, 1.54) is 31.2 Å². The number of rotatable bonds is 8. The van der Waals surface area contributed by atoms with Crippen molar-refractivity contribution in [2.45, 2.75) is 62.8 Å². The highest BCUT2D eigenvalue weighted by atomic mass is 32.2. The zero-order valence-electron chi connectivity index (χ0n) is 18.3. The van der Waals surface area contributed by atoms with E-state index in [9.17, 15) is 8.42 Å². The highest BCUT2D eigenvalue weighted by Crippen LogP contribution is 2.29. The molecule has 0 unspecified atom stereocenters. The van der Waals surface area contributed by atoms with Gasteiger partial charge in [0.05, 0.1) is 5.69 Å². The summed E-state index contributed by atoms with van der Waals surface area (Å²) in [5.41, 5.74) is 10.6. The van der Waals surface area contributed by atoms with Crippen LogP contribution in [0.25, 0.3) is 0 Å². The van der Waals surface area contributed by atoms with Gasteiger partial charge in [0, 0.05) is 13.1 Å². The van der Waals surface area contributed by atoms with Crippen molar-refractivity contribution in [2.75, 3.05) is 18.8 Å². The Morgan fingerprint density at radius 1 is 0.871 bits per heavy atom. The Labute approximate surface area is 186 Å². The maximum absolute atomic E-state index is 12.5. The van der Waals surface area contributed by atoms with Crippen LogP contribution in [0.3, 0.4) is 0 Å². The molecule has 0 amide bonds. The smallest absolute Gasteiger partial charge is 0.242 e. The van der Waals surface area contributed by atoms with E-state index in [1.807, 2.05) is 0 Å². The molecule has 2 aliphatic rings. The average Bonchev–Trinajstić information content (AvgIpc) is 2.79. The van der Waals surface area contributed by atoms with Crippen molar-refractivity contribution in [3.63, 3.8) is 0 Å². The topological polar surface area (TPSA) is 84.2 Å². The first-order valence-electron chi connectivity index (χ1n) is 11.7. The second kappa shape index (κ2) is 10.2. The summed E-state index contributed by atoms with van der Waals surface area (Å²) >= 11 is 0. The Morgan fingerprint density at radius 2 is 1.55 bits per heavy atom. The van der Waals surface area contributed by atoms with Crippen LogP contribution >= 0.6 is 0 Å². The second-order valence-corrected chi connectivity index (χ2v) is 11.0. The lowest BCUT2D eigenvalue weighted by Gasteiger charge is -2.29. The molecule has 4 rings (SSSR count). The van der Waals surface area contributed by atoms with Crippen molar-refractivity contribution in [1.82, 2.24) is 10.0 Å². The number of fused-ring (bicyclic) bond motifs is 1. The van der Waals surface area contributed by atoms with E-state index in [2.05, 4.69) is 28.2 Å². The number of sulfonamides is 1. The van der Waals surface area contributed by atoms with Gasteiger partial charge in [0.2, 0.25) is 10.0 Å². The lowest BCUT2D eigenvalue weighted by molar-refractivity contribution is 0.268. The molecular weight excluding hydrogens is 406 g/mol. The van der Waals surface area contributed by atoms with E-state index in [1.54, 1.807) is 35.4 Å². The number of aryl methyl sites for hydroxylation is 2. The van der Waals surface area contributed by atoms with Crippen LogP contribution in [0, 0.1) is 11.8 Å². The van der Waals surface area contributed by atoms with Gasteiger partial charge in [-0.15, -0.1) is 0 Å². The molecule has 6 heteroatoms. The first kappa shape index (κ1) is 22.3. The molecule has 168 valence electrons. The number of hydrogen-bond donors (Lipinski definition) is 3. The second-order valence-electron chi connectivity index (χ2n) is 9.22. The molecule has 0 aliphatic heterocycles. The molecule has 0 heterocycles. The minimum Gasteiger partial charge on any atom is -0.398 e. The molecule has 0 atom stereocenters. The summed E-state index contributed by atoms with van der Waals surface area (Å²) in [6.07, 6.45) is 9.55. The van der Waals surface area contributed by atoms with E-state index in [4.69, 9.17) is 5.73 Å². The first-order chi connectivity index (χ1) is 15.0. The van der Waals surface area contributed by atoms with Crippen LogP contribution in [0.2, 0.25) is 0 Å². The van der Waals surface area contributed by atoms with Crippen molar-refractivity contribution in [1.29, 1.82) is 0 Å². The fourth-order valence-corrected chi connectivity index (χ4v) is 6.23. The van der Waals surface area contributed by atoms with Crippen LogP contribution in [0.5, 0.6) is 0 Å². The quantitative estimate of drug-likeness (QED) is 0.540. The lowest BCUT2D eigenvalue weighted by Crippen LogP contribution is -2.33. The molecule has 0 bridgehead atoms. The number of hydrogen-bond acceptors (Lipinski definition) is 4. The number of anilines is 1. The minimum absolute atomic E-state index is 0.176. The standard InChI is InChI=1S/C25H35N3O2S/c26-24-7-3-4-8-25(24)31(29,30)28-18-20-11-9-19(10-12-20)16-27-17-21-13-14-22-5-1-2-6-23(22)15-21/h3-4,7-8,13-15,19-20,27-28H,1-2,5-6,9-12,16-18,26H2. The molecule has 2 aromatic carbocycles. The molecule has 1 fully saturated rings. The van der Waals surface area contributed by atoms with E-state index in [0.29, 0.717) is 24.1 Å². The first-order valence-corrected chi connectivity index (χ1v) is 13.1. The normalized spacial score (nSPS) is 21.5. The SMILES string of the molecule is Nc1ccccc1S(=O)(=O)NCC1CCC(CNCc2ccc3c(c2)CCCC3)CC1. The van der Waals surface area contributed by atoms with E-state index in [0.717, 1.165) is 38.8 Å². The highest BCUT2D eigenvalue weighted by molar-refractivity contribution is 7.89. The monoisotopic (exact) mass is 441 g/mol. The van der Waals surface area contributed by atoms with Crippen LogP contribution in [-0.2, 0) is 29.4 Å². The Bertz CT molecular complexity index is 982. The van der Waals surface area contributed by atoms with E-state index in [-0.39, 0.29) is 4.90 Å². The molecule has 0 saturated heterocycles. The maximum Gasteiger partial charge on any atom is 0.242 e. The van der Waals surface area contributed by atoms with Gasteiger partial charge >= 0.3 is 0 Å². The van der Waals surface area contributed by atoms with Gasteiger partial charge in [0.15, 0.2) is 0 Å². The maximum atomic E-state index is 12.5. The Balaban J connectivity index is 1.18. The van der Waals surface area contributed by atoms with Crippen molar-refractivity contribution in [2.24, 2.45) is 11.8 Å². The molecule has 4 N–H and O–H groups in total. The predicted molar refractivity (Wildman–Crippen MR) is 126 cm³/mol. The number of benzene rings is 2. The summed E-state index contributed by atoms with van der Waals surface area (Å²) in [7, 11) is -3.54. The summed E-state index contributed by atoms with van der Waals surface area (Å²) in [5.74, 6) is 1.08. The average molecular weight is 442 g/mol. The molecule has 2 aliphatic carbocycles. The van der Waals surface area contributed by atoms with Gasteiger partial charge in [-0.05, 0) is 98.6 Å². The predicted octanol–water partition coefficient (Wildman–Crippen LogP) is 4.02. The molecule has 5 nitrogen and oxygen atoms in total. The van der Waals surface area contributed by atoms with Crippen molar-refractivity contribution >= 4 is 15.7 Å². The van der Waals surface area contributed by atoms with Crippen LogP contribution in [0.4, 0.5) is 5.69 Å². The number of para-hydroxylation sites is 1. The summed E-state index contributed by atoms with van der Waals surface area (Å²) in [6, 6.07) is 13.6.